The van der Waals surface area contributed by atoms with Gasteiger partial charge in [-0.1, -0.05) is 50.6 Å². The number of ether oxygens (including phenoxy) is 1. The van der Waals surface area contributed by atoms with Crippen molar-refractivity contribution in [1.82, 2.24) is 10.6 Å². The minimum atomic E-state index is -0.595. The predicted molar refractivity (Wildman–Crippen MR) is 111 cm³/mol. The van der Waals surface area contributed by atoms with Crippen LogP contribution in [0.1, 0.15) is 56.1 Å². The van der Waals surface area contributed by atoms with Gasteiger partial charge in [-0.2, -0.15) is 0 Å². The molecule has 0 saturated carbocycles. The van der Waals surface area contributed by atoms with Crippen molar-refractivity contribution >= 4 is 11.8 Å². The number of hydrogen-bond acceptors (Lipinski definition) is 3. The zero-order valence-electron chi connectivity index (χ0n) is 17.1. The monoisotopic (exact) mass is 382 g/mol. The van der Waals surface area contributed by atoms with Gasteiger partial charge in [0.15, 0.2) is 0 Å². The topological polar surface area (TPSA) is 67.4 Å². The van der Waals surface area contributed by atoms with E-state index >= 15 is 0 Å². The van der Waals surface area contributed by atoms with Crippen molar-refractivity contribution in [3.8, 4) is 5.75 Å². The van der Waals surface area contributed by atoms with E-state index in [0.29, 0.717) is 12.2 Å². The lowest BCUT2D eigenvalue weighted by molar-refractivity contribution is -0.124. The Morgan fingerprint density at radius 3 is 2.14 bits per heavy atom. The first kappa shape index (κ1) is 21.5. The van der Waals surface area contributed by atoms with E-state index in [9.17, 15) is 9.59 Å². The maximum Gasteiger partial charge on any atom is 0.251 e. The molecule has 0 spiro atoms. The molecule has 0 aliphatic carbocycles. The lowest BCUT2D eigenvalue weighted by atomic mass is 9.97. The average Bonchev–Trinajstić information content (AvgIpc) is 2.72. The molecule has 5 nitrogen and oxygen atoms in total. The molecule has 2 amide bonds. The van der Waals surface area contributed by atoms with E-state index < -0.39 is 6.04 Å². The number of rotatable bonds is 9. The van der Waals surface area contributed by atoms with Crippen LogP contribution in [0.3, 0.4) is 0 Å². The summed E-state index contributed by atoms with van der Waals surface area (Å²) in [5, 5.41) is 5.92. The summed E-state index contributed by atoms with van der Waals surface area (Å²) in [4.78, 5) is 25.4. The van der Waals surface area contributed by atoms with Crippen molar-refractivity contribution in [3.63, 3.8) is 0 Å². The summed E-state index contributed by atoms with van der Waals surface area (Å²) >= 11 is 0. The van der Waals surface area contributed by atoms with E-state index in [2.05, 4.69) is 10.6 Å². The number of hydrogen-bond donors (Lipinski definition) is 2. The van der Waals surface area contributed by atoms with Gasteiger partial charge in [0, 0.05) is 5.56 Å². The Kier molecular flexibility index (Phi) is 8.05. The van der Waals surface area contributed by atoms with Crippen LogP contribution >= 0.6 is 0 Å². The van der Waals surface area contributed by atoms with Crippen molar-refractivity contribution in [2.45, 2.75) is 46.2 Å². The molecule has 0 radical (unpaired) electrons. The molecule has 2 aromatic rings. The second-order valence-corrected chi connectivity index (χ2v) is 6.94. The fourth-order valence-electron chi connectivity index (χ4n) is 2.92. The van der Waals surface area contributed by atoms with Crippen LogP contribution in [0.5, 0.6) is 5.75 Å². The normalized spacial score (nSPS) is 13.9. The minimum Gasteiger partial charge on any atom is -0.494 e. The van der Waals surface area contributed by atoms with E-state index in [-0.39, 0.29) is 23.8 Å². The fraction of sp³-hybridized carbons (Fsp3) is 0.391. The average molecular weight is 383 g/mol. The largest absolute Gasteiger partial charge is 0.494 e. The predicted octanol–water partition coefficient (Wildman–Crippen LogP) is 4.11. The molecule has 2 rings (SSSR count). The Morgan fingerprint density at radius 1 is 0.929 bits per heavy atom. The number of benzene rings is 2. The Balaban J connectivity index is 2.06. The first-order chi connectivity index (χ1) is 13.5. The van der Waals surface area contributed by atoms with Gasteiger partial charge < -0.3 is 15.4 Å². The van der Waals surface area contributed by atoms with Crippen LogP contribution in [-0.4, -0.2) is 24.5 Å². The van der Waals surface area contributed by atoms with Crippen molar-refractivity contribution in [2.75, 3.05) is 6.61 Å². The van der Waals surface area contributed by atoms with Crippen LogP contribution in [0.4, 0.5) is 0 Å². The SMILES string of the molecule is CCOc1ccc(C(C)NC(=O)C(NC(=O)c2ccccc2)C(C)CC)cc1. The highest BCUT2D eigenvalue weighted by Gasteiger charge is 2.27. The van der Waals surface area contributed by atoms with Crippen LogP contribution in [0.25, 0.3) is 0 Å². The van der Waals surface area contributed by atoms with Crippen LogP contribution in [0.15, 0.2) is 54.6 Å². The van der Waals surface area contributed by atoms with E-state index in [1.54, 1.807) is 24.3 Å². The highest BCUT2D eigenvalue weighted by molar-refractivity contribution is 5.97. The molecule has 2 aromatic carbocycles. The highest BCUT2D eigenvalue weighted by atomic mass is 16.5. The molecule has 2 N–H and O–H groups in total. The number of nitrogens with one attached hydrogen (secondary N) is 2. The van der Waals surface area contributed by atoms with Crippen molar-refractivity contribution in [1.29, 1.82) is 0 Å². The molecule has 0 aliphatic heterocycles. The molecule has 0 aliphatic rings. The molecular weight excluding hydrogens is 352 g/mol. The fourth-order valence-corrected chi connectivity index (χ4v) is 2.92. The van der Waals surface area contributed by atoms with Gasteiger partial charge in [0.25, 0.3) is 5.91 Å². The van der Waals surface area contributed by atoms with E-state index in [0.717, 1.165) is 17.7 Å². The smallest absolute Gasteiger partial charge is 0.251 e. The summed E-state index contributed by atoms with van der Waals surface area (Å²) in [5.74, 6) is 0.396. The molecule has 0 fully saturated rings. The van der Waals surface area contributed by atoms with Gasteiger partial charge in [-0.05, 0) is 49.6 Å². The molecule has 28 heavy (non-hydrogen) atoms. The molecule has 0 saturated heterocycles. The number of amides is 2. The summed E-state index contributed by atoms with van der Waals surface area (Å²) in [5.41, 5.74) is 1.53. The van der Waals surface area contributed by atoms with E-state index in [4.69, 9.17) is 4.74 Å². The van der Waals surface area contributed by atoms with Crippen molar-refractivity contribution < 1.29 is 14.3 Å². The Morgan fingerprint density at radius 2 is 1.57 bits per heavy atom. The molecule has 3 unspecified atom stereocenters. The van der Waals surface area contributed by atoms with Gasteiger partial charge in [-0.3, -0.25) is 9.59 Å². The lowest BCUT2D eigenvalue weighted by Crippen LogP contribution is -2.50. The van der Waals surface area contributed by atoms with Crippen molar-refractivity contribution in [2.24, 2.45) is 5.92 Å². The summed E-state index contributed by atoms with van der Waals surface area (Å²) in [6, 6.07) is 15.8. The molecular formula is C23H30N2O3. The Bertz CT molecular complexity index is 759. The summed E-state index contributed by atoms with van der Waals surface area (Å²) in [6.07, 6.45) is 0.782. The van der Waals surface area contributed by atoms with Gasteiger partial charge in [-0.15, -0.1) is 0 Å². The third-order valence-corrected chi connectivity index (χ3v) is 4.87. The first-order valence-corrected chi connectivity index (χ1v) is 9.85. The number of carbonyl (C=O) groups is 2. The summed E-state index contributed by atoms with van der Waals surface area (Å²) in [7, 11) is 0. The zero-order valence-corrected chi connectivity index (χ0v) is 17.1. The molecule has 0 heterocycles. The van der Waals surface area contributed by atoms with Gasteiger partial charge in [0.05, 0.1) is 12.6 Å². The molecule has 3 atom stereocenters. The second-order valence-electron chi connectivity index (χ2n) is 6.94. The minimum absolute atomic E-state index is 0.0141. The van der Waals surface area contributed by atoms with Gasteiger partial charge in [0.1, 0.15) is 11.8 Å². The van der Waals surface area contributed by atoms with Crippen molar-refractivity contribution in [3.05, 3.63) is 65.7 Å². The zero-order chi connectivity index (χ0) is 20.5. The van der Waals surface area contributed by atoms with E-state index in [1.807, 2.05) is 58.0 Å². The van der Waals surface area contributed by atoms with Crippen LogP contribution in [0, 0.1) is 5.92 Å². The van der Waals surface area contributed by atoms with Gasteiger partial charge in [-0.25, -0.2) is 0 Å². The molecule has 5 heteroatoms. The van der Waals surface area contributed by atoms with Crippen LogP contribution < -0.4 is 15.4 Å². The number of carbonyl (C=O) groups excluding carboxylic acids is 2. The standard InChI is InChI=1S/C23H30N2O3/c1-5-16(3)21(25-22(26)19-10-8-7-9-11-19)23(27)24-17(4)18-12-14-20(15-13-18)28-6-2/h7-17,21H,5-6H2,1-4H3,(H,24,27)(H,25,26). The molecule has 0 bridgehead atoms. The lowest BCUT2D eigenvalue weighted by Gasteiger charge is -2.25. The highest BCUT2D eigenvalue weighted by Crippen LogP contribution is 2.18. The second kappa shape index (κ2) is 10.5. The Hall–Kier alpha value is -2.82. The molecule has 150 valence electrons. The maximum atomic E-state index is 12.9. The quantitative estimate of drug-likeness (QED) is 0.686. The summed E-state index contributed by atoms with van der Waals surface area (Å²) in [6.45, 7) is 8.46. The van der Waals surface area contributed by atoms with Crippen LogP contribution in [-0.2, 0) is 4.79 Å². The Labute approximate surface area is 167 Å². The van der Waals surface area contributed by atoms with E-state index in [1.165, 1.54) is 0 Å². The first-order valence-electron chi connectivity index (χ1n) is 9.85. The third-order valence-electron chi connectivity index (χ3n) is 4.87. The maximum absolute atomic E-state index is 12.9. The summed E-state index contributed by atoms with van der Waals surface area (Å²) < 4.78 is 5.46. The van der Waals surface area contributed by atoms with Crippen LogP contribution in [0.2, 0.25) is 0 Å². The third kappa shape index (κ3) is 5.84. The van der Waals surface area contributed by atoms with Gasteiger partial charge in [0.2, 0.25) is 5.91 Å². The van der Waals surface area contributed by atoms with Gasteiger partial charge >= 0.3 is 0 Å². The molecule has 0 aromatic heterocycles.